The van der Waals surface area contributed by atoms with E-state index >= 15 is 0 Å². The van der Waals surface area contributed by atoms with Gasteiger partial charge in [-0.05, 0) is 101 Å². The van der Waals surface area contributed by atoms with E-state index in [9.17, 15) is 53.1 Å². The molecule has 456 valence electrons. The number of carbonyl (C=O) groups excluding carboxylic acids is 10. The molecule has 0 radical (unpaired) electrons. The van der Waals surface area contributed by atoms with Crippen LogP contribution in [-0.2, 0) is 60.6 Å². The number of rotatable bonds is 21. The smallest absolute Gasteiger partial charge is 0.495 e. The summed E-state index contributed by atoms with van der Waals surface area (Å²) in [4.78, 5) is 131. The molecule has 4 heterocycles. The maximum absolute atomic E-state index is 14.4. The molecule has 1 aliphatic carbocycles. The van der Waals surface area contributed by atoms with Crippen molar-refractivity contribution >= 4 is 89.0 Å². The summed E-state index contributed by atoms with van der Waals surface area (Å²) >= 11 is 8.02. The molecule has 21 nitrogen and oxygen atoms in total. The van der Waals surface area contributed by atoms with Crippen LogP contribution in [0.15, 0.2) is 54.1 Å². The van der Waals surface area contributed by atoms with Crippen LogP contribution in [-0.4, -0.2) is 174 Å². The average Bonchev–Trinajstić information content (AvgIpc) is 4.30. The minimum Gasteiger partial charge on any atom is -0.495 e. The van der Waals surface area contributed by atoms with E-state index in [-0.39, 0.29) is 96.7 Å². The molecule has 6 amide bonds. The summed E-state index contributed by atoms with van der Waals surface area (Å²) in [5, 5.41) is 16.9. The number of epoxide rings is 1. The first-order valence-electron chi connectivity index (χ1n) is 28.6. The van der Waals surface area contributed by atoms with Crippen molar-refractivity contribution in [2.45, 2.75) is 158 Å². The lowest BCUT2D eigenvalue weighted by molar-refractivity contribution is -0.142. The van der Waals surface area contributed by atoms with Crippen LogP contribution in [0.3, 0.4) is 0 Å². The molecular weight excluding hydrogens is 1130 g/mol. The highest BCUT2D eigenvalue weighted by atomic mass is 35.5. The van der Waals surface area contributed by atoms with Crippen molar-refractivity contribution in [3.05, 3.63) is 81.4 Å². The maximum Gasteiger partial charge on any atom is 0.506 e. The number of anilines is 1. The predicted octanol–water partition coefficient (Wildman–Crippen LogP) is 6.27. The van der Waals surface area contributed by atoms with Crippen LogP contribution < -0.4 is 20.3 Å². The Morgan fingerprint density at radius 3 is 2.44 bits per heavy atom. The standard InChI is InChI=1S/C61H78ClN5O16S/c1-35-11-9-13-49(80-8)61(78)31-47(81-59(77)64-61)36(2)56-60(4,83-56)50(30-53(73)66(6)44-27-40(25-35)28-46(79-7)55(44)62)82-58(76)37(3)65(5)52(72)22-24-84-48-29-54(74)67(57(48)75)23-10-12-45(70)41-18-15-39(16-19-41)32-63-51(71)21-17-38-14-20-42(33-68)43(26-38)34-69/h9,11,13-14,20,26-28,33-34,36-37,39,41,47-50,56,78H,10,12,15-19,21-25,29-32H2,1-8H3,(H,63,71)(H,64,77)/p+1/b13-9-,35-11+/t36-,37+,39?,41?,47+,48?,49?,50-,56?,60+,61+/m1/s1. The minimum absolute atomic E-state index is 0.0413. The van der Waals surface area contributed by atoms with Gasteiger partial charge in [-0.15, -0.1) is 11.8 Å². The fourth-order valence-corrected chi connectivity index (χ4v) is 13.0. The quantitative estimate of drug-likeness (QED) is 0.0408. The number of nitrogens with one attached hydrogen (secondary N) is 2. The van der Waals surface area contributed by atoms with Crippen LogP contribution in [0.2, 0.25) is 5.02 Å². The molecule has 0 aromatic heterocycles. The summed E-state index contributed by atoms with van der Waals surface area (Å²) in [6.45, 7) is 7.54. The SMILES string of the molecule is COc1cc2cc(c1Cl)N(C)C(=O)C[C@@H](OC(=[OH+])[C@H](C)N(C)C(=O)CCSC1CC(=O)N(CCCC(=O)C3CCC(CNC(=O)CCc4ccc(C=O)c(C=O)c4)CC3)C1=O)[C@]1(C)OC1[C@H](C)[C@@H]1C[C@@](O)(NC(=O)O1)C(OC)/C=C\C=C(/C)C2. The van der Waals surface area contributed by atoms with Crippen LogP contribution in [0.1, 0.15) is 130 Å². The largest absolute Gasteiger partial charge is 0.506 e. The normalized spacial score (nSPS) is 28.6. The second kappa shape index (κ2) is 28.6. The number of ketones is 1. The van der Waals surface area contributed by atoms with Crippen LogP contribution in [0.4, 0.5) is 10.5 Å². The lowest BCUT2D eigenvalue weighted by atomic mass is 9.79. The molecule has 5 aliphatic rings. The van der Waals surface area contributed by atoms with Gasteiger partial charge < -0.3 is 48.7 Å². The lowest BCUT2D eigenvalue weighted by Gasteiger charge is -2.42. The summed E-state index contributed by atoms with van der Waals surface area (Å²) in [6.07, 6.45) is 5.75. The molecule has 1 saturated carbocycles. The minimum atomic E-state index is -1.88. The van der Waals surface area contributed by atoms with Gasteiger partial charge in [0.2, 0.25) is 35.6 Å². The zero-order valence-electron chi connectivity index (χ0n) is 49.0. The lowest BCUT2D eigenvalue weighted by Crippen LogP contribution is -2.63. The number of benzene rings is 2. The third-order valence-electron chi connectivity index (χ3n) is 17.1. The number of hydrogen-bond donors (Lipinski definition) is 3. The number of hydrogen-bond acceptors (Lipinski definition) is 16. The number of likely N-dealkylation sites (N-methyl/N-ethyl adjacent to an activating group) is 1. The van der Waals surface area contributed by atoms with E-state index in [2.05, 4.69) is 10.6 Å². The molecule has 23 heteroatoms. The van der Waals surface area contributed by atoms with Gasteiger partial charge in [-0.25, -0.2) is 4.79 Å². The molecule has 2 aromatic carbocycles. The molecule has 0 spiro atoms. The van der Waals surface area contributed by atoms with Gasteiger partial charge in [0.1, 0.15) is 28.8 Å². The van der Waals surface area contributed by atoms with E-state index in [4.69, 9.17) is 35.3 Å². The first-order valence-corrected chi connectivity index (χ1v) is 30.0. The molecule has 9 atom stereocenters. The number of likely N-dealkylation sites (tertiary alicyclic amines) is 1. The van der Waals surface area contributed by atoms with Crippen molar-refractivity contribution in [2.75, 3.05) is 52.1 Å². The first-order chi connectivity index (χ1) is 39.9. The number of nitrogens with zero attached hydrogens (tertiary/aromatic N) is 3. The van der Waals surface area contributed by atoms with E-state index in [0.29, 0.717) is 68.2 Å². The zero-order chi connectivity index (χ0) is 61.2. The van der Waals surface area contributed by atoms with E-state index in [1.165, 1.54) is 47.7 Å². The highest BCUT2D eigenvalue weighted by Gasteiger charge is 2.67. The Balaban J connectivity index is 0.895. The number of carbonyl (C=O) groups is 9. The summed E-state index contributed by atoms with van der Waals surface area (Å²) in [5.74, 6) is -2.20. The monoisotopic (exact) mass is 1200 g/mol. The molecule has 4 N–H and O–H groups in total. The third-order valence-corrected chi connectivity index (χ3v) is 18.7. The number of imide groups is 1. The fourth-order valence-electron chi connectivity index (χ4n) is 11.6. The van der Waals surface area contributed by atoms with Gasteiger partial charge in [0, 0.05) is 95.1 Å². The Morgan fingerprint density at radius 1 is 1.02 bits per heavy atom. The Kier molecular flexibility index (Phi) is 22.2. The van der Waals surface area contributed by atoms with Crippen molar-refractivity contribution < 1.29 is 76.7 Å². The number of fused-ring (bicyclic) bond motifs is 5. The van der Waals surface area contributed by atoms with Gasteiger partial charge >= 0.3 is 12.1 Å². The Morgan fingerprint density at radius 2 is 1.75 bits per heavy atom. The van der Waals surface area contributed by atoms with Gasteiger partial charge in [-0.1, -0.05) is 54.5 Å². The van der Waals surface area contributed by atoms with Crippen molar-refractivity contribution in [3.8, 4) is 5.75 Å². The number of halogens is 1. The summed E-state index contributed by atoms with van der Waals surface area (Å²) < 4.78 is 29.6. The topological polar surface area (TPSA) is 278 Å². The molecule has 3 unspecified atom stereocenters. The summed E-state index contributed by atoms with van der Waals surface area (Å²) in [5.41, 5.74) is 0.226. The van der Waals surface area contributed by atoms with E-state index in [1.54, 1.807) is 70.3 Å². The number of aryl methyl sites for hydroxylation is 1. The second-order valence-electron chi connectivity index (χ2n) is 22.9. The zero-order valence-corrected chi connectivity index (χ0v) is 50.6. The van der Waals surface area contributed by atoms with Gasteiger partial charge in [0.25, 0.3) is 0 Å². The number of aldehydes is 2. The third kappa shape index (κ3) is 15.7. The van der Waals surface area contributed by atoms with Crippen LogP contribution in [0, 0.1) is 17.8 Å². The van der Waals surface area contributed by atoms with Gasteiger partial charge in [-0.2, -0.15) is 0 Å². The first kappa shape index (κ1) is 65.1. The number of thioether (sulfide) groups is 1. The van der Waals surface area contributed by atoms with Gasteiger partial charge in [0.15, 0.2) is 29.9 Å². The Hall–Kier alpha value is -6.46. The molecule has 2 aromatic rings. The van der Waals surface area contributed by atoms with Crippen molar-refractivity contribution in [3.63, 3.8) is 0 Å². The Labute approximate surface area is 499 Å². The van der Waals surface area contributed by atoms with Gasteiger partial charge in [-0.3, -0.25) is 48.6 Å². The van der Waals surface area contributed by atoms with E-state index < -0.39 is 76.8 Å². The predicted molar refractivity (Wildman–Crippen MR) is 313 cm³/mol. The van der Waals surface area contributed by atoms with Crippen molar-refractivity contribution in [2.24, 2.45) is 17.8 Å². The molecule has 4 aliphatic heterocycles. The highest BCUT2D eigenvalue weighted by molar-refractivity contribution is 8.00. The Bertz CT molecular complexity index is 2910. The molecule has 84 heavy (non-hydrogen) atoms. The molecule has 4 fully saturated rings. The van der Waals surface area contributed by atoms with Crippen molar-refractivity contribution in [1.82, 2.24) is 20.4 Å². The molecule has 4 bridgehead atoms. The highest BCUT2D eigenvalue weighted by Crippen LogP contribution is 2.49. The fraction of sp³-hybridized carbons (Fsp3) is 0.574. The number of methoxy groups -OCH3 is 2. The number of ether oxygens (including phenoxy) is 5. The number of amides is 6. The number of aliphatic hydroxyl groups is 1. The number of esters is 1. The summed E-state index contributed by atoms with van der Waals surface area (Å²) in [6, 6.07) is 7.41. The molecule has 3 saturated heterocycles. The molecular formula is C61H79ClN5O16S+. The average molecular weight is 1210 g/mol. The number of alkyl carbamates (subject to hydrolysis) is 1. The summed E-state index contributed by atoms with van der Waals surface area (Å²) in [7, 11) is 5.92. The van der Waals surface area contributed by atoms with Gasteiger partial charge in [0.05, 0.1) is 30.6 Å². The molecule has 7 rings (SSSR count). The van der Waals surface area contributed by atoms with E-state index in [0.717, 1.165) is 29.5 Å². The van der Waals surface area contributed by atoms with Crippen LogP contribution in [0.25, 0.3) is 0 Å². The van der Waals surface area contributed by atoms with Crippen molar-refractivity contribution in [1.29, 1.82) is 0 Å². The van der Waals surface area contributed by atoms with Crippen LogP contribution in [0.5, 0.6) is 5.75 Å². The number of allylic oxidation sites excluding steroid dienone is 3. The van der Waals surface area contributed by atoms with Crippen LogP contribution >= 0.6 is 23.4 Å². The number of Topliss-reactive ketones (excluding diaryl/α,β-unsaturated/α-hetero) is 1. The second-order valence-corrected chi connectivity index (χ2v) is 24.6. The van der Waals surface area contributed by atoms with E-state index in [1.807, 2.05) is 13.0 Å². The maximum atomic E-state index is 14.4.